The van der Waals surface area contributed by atoms with Gasteiger partial charge in [-0.3, -0.25) is 14.6 Å². The number of nitrogens with zero attached hydrogens (tertiary/aromatic N) is 3. The lowest BCUT2D eigenvalue weighted by Gasteiger charge is -2.32. The van der Waals surface area contributed by atoms with E-state index in [9.17, 15) is 9.59 Å². The summed E-state index contributed by atoms with van der Waals surface area (Å²) in [6, 6.07) is 11.8. The van der Waals surface area contributed by atoms with Gasteiger partial charge in [0.15, 0.2) is 0 Å². The maximum absolute atomic E-state index is 12.7. The van der Waals surface area contributed by atoms with E-state index >= 15 is 0 Å². The number of piperazine rings is 1. The zero-order chi connectivity index (χ0) is 17.6. The average molecular weight is 338 g/mol. The molecule has 130 valence electrons. The molecule has 0 atom stereocenters. The van der Waals surface area contributed by atoms with Crippen molar-refractivity contribution in [1.29, 1.82) is 0 Å². The van der Waals surface area contributed by atoms with E-state index in [2.05, 4.69) is 23.3 Å². The number of benzene rings is 1. The normalized spacial score (nSPS) is 14.3. The molecule has 1 saturated heterocycles. The SMILES string of the molecule is CCc1ccccc1Nc1ccnc(C(=O)N2CCN(C=O)CC2)c1. The van der Waals surface area contributed by atoms with Gasteiger partial charge in [-0.15, -0.1) is 0 Å². The Kier molecular flexibility index (Phi) is 5.28. The standard InChI is InChI=1S/C19H22N4O2/c1-2-15-5-3-4-6-17(15)21-16-7-8-20-18(13-16)19(25)23-11-9-22(14-24)10-12-23/h3-8,13-14H,2,9-12H2,1H3,(H,20,21). The lowest BCUT2D eigenvalue weighted by atomic mass is 10.1. The number of aryl methyl sites for hydroxylation is 1. The van der Waals surface area contributed by atoms with Crippen molar-refractivity contribution in [2.24, 2.45) is 0 Å². The van der Waals surface area contributed by atoms with Crippen LogP contribution in [0.3, 0.4) is 0 Å². The lowest BCUT2D eigenvalue weighted by Crippen LogP contribution is -2.48. The summed E-state index contributed by atoms with van der Waals surface area (Å²) < 4.78 is 0. The van der Waals surface area contributed by atoms with E-state index in [1.165, 1.54) is 5.56 Å². The molecule has 1 N–H and O–H groups in total. The van der Waals surface area contributed by atoms with Crippen molar-refractivity contribution >= 4 is 23.7 Å². The number of nitrogens with one attached hydrogen (secondary N) is 1. The number of pyridine rings is 1. The number of anilines is 2. The van der Waals surface area contributed by atoms with Gasteiger partial charge >= 0.3 is 0 Å². The summed E-state index contributed by atoms with van der Waals surface area (Å²) in [6.07, 6.45) is 3.41. The third-order valence-electron chi connectivity index (χ3n) is 4.41. The molecule has 1 aliphatic heterocycles. The second-order valence-electron chi connectivity index (χ2n) is 6.00. The highest BCUT2D eigenvalue weighted by Crippen LogP contribution is 2.21. The van der Waals surface area contributed by atoms with E-state index in [1.807, 2.05) is 24.3 Å². The Labute approximate surface area is 147 Å². The van der Waals surface area contributed by atoms with Crippen molar-refractivity contribution in [1.82, 2.24) is 14.8 Å². The molecular formula is C19H22N4O2. The molecule has 2 heterocycles. The smallest absolute Gasteiger partial charge is 0.272 e. The molecule has 1 aromatic carbocycles. The van der Waals surface area contributed by atoms with Gasteiger partial charge in [-0.1, -0.05) is 25.1 Å². The summed E-state index contributed by atoms with van der Waals surface area (Å²) in [5.74, 6) is -0.0991. The van der Waals surface area contributed by atoms with Crippen LogP contribution >= 0.6 is 0 Å². The molecule has 6 nitrogen and oxygen atoms in total. The monoisotopic (exact) mass is 338 g/mol. The van der Waals surface area contributed by atoms with E-state index in [4.69, 9.17) is 0 Å². The summed E-state index contributed by atoms with van der Waals surface area (Å²) in [6.45, 7) is 4.32. The maximum Gasteiger partial charge on any atom is 0.272 e. The van der Waals surface area contributed by atoms with Gasteiger partial charge in [0, 0.05) is 43.8 Å². The van der Waals surface area contributed by atoms with Crippen molar-refractivity contribution in [3.8, 4) is 0 Å². The van der Waals surface area contributed by atoms with Crippen molar-refractivity contribution in [3.05, 3.63) is 53.9 Å². The molecule has 0 unspecified atom stereocenters. The highest BCUT2D eigenvalue weighted by atomic mass is 16.2. The molecule has 0 radical (unpaired) electrons. The van der Waals surface area contributed by atoms with E-state index in [1.54, 1.807) is 22.1 Å². The number of aromatic nitrogens is 1. The summed E-state index contributed by atoms with van der Waals surface area (Å²) in [5.41, 5.74) is 3.51. The fourth-order valence-electron chi connectivity index (χ4n) is 2.92. The van der Waals surface area contributed by atoms with Crippen LogP contribution in [0.25, 0.3) is 0 Å². The van der Waals surface area contributed by atoms with Crippen LogP contribution in [0.2, 0.25) is 0 Å². The van der Waals surface area contributed by atoms with Gasteiger partial charge in [-0.2, -0.15) is 0 Å². The number of para-hydroxylation sites is 1. The quantitative estimate of drug-likeness (QED) is 0.850. The van der Waals surface area contributed by atoms with Crippen LogP contribution in [0.5, 0.6) is 0 Å². The third kappa shape index (κ3) is 3.96. The fourth-order valence-corrected chi connectivity index (χ4v) is 2.92. The van der Waals surface area contributed by atoms with Gasteiger partial charge in [0.05, 0.1) is 0 Å². The van der Waals surface area contributed by atoms with Crippen molar-refractivity contribution in [2.75, 3.05) is 31.5 Å². The Morgan fingerprint density at radius 3 is 2.68 bits per heavy atom. The molecular weight excluding hydrogens is 316 g/mol. The van der Waals surface area contributed by atoms with Crippen LogP contribution in [0.1, 0.15) is 23.0 Å². The van der Waals surface area contributed by atoms with Crippen LogP contribution in [0, 0.1) is 0 Å². The number of carbonyl (C=O) groups excluding carboxylic acids is 2. The first kappa shape index (κ1) is 17.0. The second-order valence-corrected chi connectivity index (χ2v) is 6.00. The number of hydrogen-bond donors (Lipinski definition) is 1. The van der Waals surface area contributed by atoms with E-state index in [-0.39, 0.29) is 5.91 Å². The second kappa shape index (κ2) is 7.79. The topological polar surface area (TPSA) is 65.5 Å². The summed E-state index contributed by atoms with van der Waals surface area (Å²) in [7, 11) is 0. The van der Waals surface area contributed by atoms with Gasteiger partial charge in [0.2, 0.25) is 6.41 Å². The highest BCUT2D eigenvalue weighted by molar-refractivity contribution is 5.93. The van der Waals surface area contributed by atoms with E-state index < -0.39 is 0 Å². The van der Waals surface area contributed by atoms with Crippen LogP contribution in [0.15, 0.2) is 42.6 Å². The summed E-state index contributed by atoms with van der Waals surface area (Å²) >= 11 is 0. The van der Waals surface area contributed by atoms with Gasteiger partial charge in [-0.25, -0.2) is 0 Å². The van der Waals surface area contributed by atoms with Gasteiger partial charge in [0.25, 0.3) is 5.91 Å². The van der Waals surface area contributed by atoms with Crippen LogP contribution < -0.4 is 5.32 Å². The summed E-state index contributed by atoms with van der Waals surface area (Å²) in [4.78, 5) is 31.1. The average Bonchev–Trinajstić information content (AvgIpc) is 2.68. The molecule has 1 fully saturated rings. The molecule has 2 aromatic rings. The van der Waals surface area contributed by atoms with Gasteiger partial charge < -0.3 is 15.1 Å². The first-order chi connectivity index (χ1) is 12.2. The fraction of sp³-hybridized carbons (Fsp3) is 0.316. The minimum Gasteiger partial charge on any atom is -0.355 e. The number of rotatable bonds is 5. The van der Waals surface area contributed by atoms with Gasteiger partial charge in [0.1, 0.15) is 5.69 Å². The molecule has 25 heavy (non-hydrogen) atoms. The Morgan fingerprint density at radius 2 is 1.96 bits per heavy atom. The minimum absolute atomic E-state index is 0.0991. The zero-order valence-corrected chi connectivity index (χ0v) is 14.3. The van der Waals surface area contributed by atoms with Crippen LogP contribution in [-0.2, 0) is 11.2 Å². The number of carbonyl (C=O) groups is 2. The Hall–Kier alpha value is -2.89. The third-order valence-corrected chi connectivity index (χ3v) is 4.41. The predicted octanol–water partition coefficient (Wildman–Crippen LogP) is 2.30. The molecule has 3 rings (SSSR count). The first-order valence-electron chi connectivity index (χ1n) is 8.51. The van der Waals surface area contributed by atoms with Crippen LogP contribution in [0.4, 0.5) is 11.4 Å². The van der Waals surface area contributed by atoms with E-state index in [0.29, 0.717) is 31.9 Å². The van der Waals surface area contributed by atoms with Crippen molar-refractivity contribution < 1.29 is 9.59 Å². The number of hydrogen-bond acceptors (Lipinski definition) is 4. The lowest BCUT2D eigenvalue weighted by molar-refractivity contribution is -0.119. The van der Waals surface area contributed by atoms with Crippen molar-refractivity contribution in [3.63, 3.8) is 0 Å². The molecule has 6 heteroatoms. The predicted molar refractivity (Wildman–Crippen MR) is 96.9 cm³/mol. The highest BCUT2D eigenvalue weighted by Gasteiger charge is 2.22. The Morgan fingerprint density at radius 1 is 1.20 bits per heavy atom. The zero-order valence-electron chi connectivity index (χ0n) is 14.3. The van der Waals surface area contributed by atoms with Gasteiger partial charge in [-0.05, 0) is 30.2 Å². The first-order valence-corrected chi connectivity index (χ1v) is 8.51. The minimum atomic E-state index is -0.0991. The summed E-state index contributed by atoms with van der Waals surface area (Å²) in [5, 5.41) is 3.37. The van der Waals surface area contributed by atoms with E-state index in [0.717, 1.165) is 24.2 Å². The number of amides is 2. The molecule has 1 aromatic heterocycles. The molecule has 0 aliphatic carbocycles. The molecule has 2 amide bonds. The largest absolute Gasteiger partial charge is 0.355 e. The van der Waals surface area contributed by atoms with Crippen LogP contribution in [-0.4, -0.2) is 53.3 Å². The molecule has 0 spiro atoms. The molecule has 1 aliphatic rings. The maximum atomic E-state index is 12.7. The Balaban J connectivity index is 1.73. The Bertz CT molecular complexity index is 755. The molecule has 0 saturated carbocycles. The molecule has 0 bridgehead atoms. The van der Waals surface area contributed by atoms with Crippen molar-refractivity contribution in [2.45, 2.75) is 13.3 Å².